The lowest BCUT2D eigenvalue weighted by atomic mass is 10.1. The summed E-state index contributed by atoms with van der Waals surface area (Å²) in [5.74, 6) is -1.14. The van der Waals surface area contributed by atoms with Gasteiger partial charge in [-0.1, -0.05) is 0 Å². The Balaban J connectivity index is 2.30. The molecule has 0 bridgehead atoms. The molecule has 3 N–H and O–H groups in total. The maximum absolute atomic E-state index is 11.7. The van der Waals surface area contributed by atoms with Crippen LogP contribution >= 0.6 is 0 Å². The average Bonchev–Trinajstić information content (AvgIpc) is 2.38. The van der Waals surface area contributed by atoms with Gasteiger partial charge in [-0.15, -0.1) is 0 Å². The van der Waals surface area contributed by atoms with E-state index in [1.807, 2.05) is 0 Å². The van der Waals surface area contributed by atoms with E-state index in [0.717, 1.165) is 4.90 Å². The molecule has 0 radical (unpaired) electrons. The predicted molar refractivity (Wildman–Crippen MR) is 59.4 cm³/mol. The highest BCUT2D eigenvalue weighted by Gasteiger charge is 2.43. The Morgan fingerprint density at radius 1 is 1.41 bits per heavy atom. The first-order chi connectivity index (χ1) is 7.84. The smallest absolute Gasteiger partial charge is 0.325 e. The third-order valence-electron chi connectivity index (χ3n) is 2.47. The number of carboxylic acid groups (broad SMARTS) is 1. The van der Waals surface area contributed by atoms with Gasteiger partial charge in [0.15, 0.2) is 0 Å². The predicted octanol–water partition coefficient (Wildman–Crippen LogP) is -0.619. The molecule has 1 saturated heterocycles. The maximum Gasteiger partial charge on any atom is 0.325 e. The first-order valence-electron chi connectivity index (χ1n) is 5.41. The molecule has 1 rings (SSSR count). The molecule has 0 aromatic carbocycles. The summed E-state index contributed by atoms with van der Waals surface area (Å²) in [5, 5.41) is 13.8. The zero-order valence-electron chi connectivity index (χ0n) is 9.95. The van der Waals surface area contributed by atoms with Crippen molar-refractivity contribution in [2.75, 3.05) is 19.6 Å². The quantitative estimate of drug-likeness (QED) is 0.426. The summed E-state index contributed by atoms with van der Waals surface area (Å²) >= 11 is 0. The summed E-state index contributed by atoms with van der Waals surface area (Å²) in [6.07, 6.45) is 0.0195. The van der Waals surface area contributed by atoms with Crippen molar-refractivity contribution in [1.29, 1.82) is 0 Å². The fraction of sp³-hybridized carbons (Fsp3) is 0.700. The number of carbonyl (C=O) groups is 3. The molecular formula is C10H17N3O4. The van der Waals surface area contributed by atoms with Crippen LogP contribution in [0.5, 0.6) is 0 Å². The van der Waals surface area contributed by atoms with E-state index in [0.29, 0.717) is 13.1 Å². The van der Waals surface area contributed by atoms with Crippen LogP contribution in [0.3, 0.4) is 0 Å². The lowest BCUT2D eigenvalue weighted by molar-refractivity contribution is -0.137. The highest BCUT2D eigenvalue weighted by Crippen LogP contribution is 2.15. The van der Waals surface area contributed by atoms with Crippen molar-refractivity contribution in [1.82, 2.24) is 15.5 Å². The summed E-state index contributed by atoms with van der Waals surface area (Å²) in [6, 6.07) is -0.403. The summed E-state index contributed by atoms with van der Waals surface area (Å²) in [5.41, 5.74) is -0.849. The molecule has 0 saturated carbocycles. The van der Waals surface area contributed by atoms with Crippen molar-refractivity contribution in [2.24, 2.45) is 0 Å². The molecule has 1 fully saturated rings. The number of nitrogens with one attached hydrogen (secondary N) is 2. The number of amides is 3. The summed E-state index contributed by atoms with van der Waals surface area (Å²) < 4.78 is 0. The number of hydrogen-bond donors (Lipinski definition) is 3. The van der Waals surface area contributed by atoms with Gasteiger partial charge in [0.2, 0.25) is 0 Å². The van der Waals surface area contributed by atoms with E-state index in [1.54, 1.807) is 13.8 Å². The van der Waals surface area contributed by atoms with E-state index in [1.165, 1.54) is 0 Å². The molecule has 1 heterocycles. The highest BCUT2D eigenvalue weighted by molar-refractivity contribution is 6.06. The SMILES string of the molecule is CC1(C)NC(=O)N(CCNCCC(=O)O)C1=O. The van der Waals surface area contributed by atoms with Gasteiger partial charge in [-0.3, -0.25) is 14.5 Å². The van der Waals surface area contributed by atoms with Crippen LogP contribution in [-0.2, 0) is 9.59 Å². The molecule has 7 nitrogen and oxygen atoms in total. The molecule has 0 aromatic heterocycles. The molecule has 0 spiro atoms. The van der Waals surface area contributed by atoms with Gasteiger partial charge in [0.05, 0.1) is 6.42 Å². The molecule has 17 heavy (non-hydrogen) atoms. The number of rotatable bonds is 6. The Morgan fingerprint density at radius 2 is 2.06 bits per heavy atom. The van der Waals surface area contributed by atoms with E-state index < -0.39 is 17.5 Å². The van der Waals surface area contributed by atoms with Gasteiger partial charge >= 0.3 is 12.0 Å². The van der Waals surface area contributed by atoms with Crippen molar-refractivity contribution >= 4 is 17.9 Å². The van der Waals surface area contributed by atoms with E-state index in [-0.39, 0.29) is 18.9 Å². The molecule has 96 valence electrons. The number of carbonyl (C=O) groups excluding carboxylic acids is 2. The van der Waals surface area contributed by atoms with Crippen LogP contribution in [0.25, 0.3) is 0 Å². The Labute approximate surface area is 99.2 Å². The largest absolute Gasteiger partial charge is 0.481 e. The number of imide groups is 1. The minimum absolute atomic E-state index is 0.0195. The molecule has 0 aromatic rings. The van der Waals surface area contributed by atoms with Crippen LogP contribution in [0.2, 0.25) is 0 Å². The average molecular weight is 243 g/mol. The lowest BCUT2D eigenvalue weighted by Gasteiger charge is -2.15. The van der Waals surface area contributed by atoms with Crippen molar-refractivity contribution in [3.05, 3.63) is 0 Å². The van der Waals surface area contributed by atoms with Gasteiger partial charge in [0, 0.05) is 19.6 Å². The number of hydrogen-bond acceptors (Lipinski definition) is 4. The normalized spacial score (nSPS) is 18.4. The van der Waals surface area contributed by atoms with Gasteiger partial charge in [-0.2, -0.15) is 0 Å². The summed E-state index contributed by atoms with van der Waals surface area (Å²) in [6.45, 7) is 4.24. The molecule has 0 aliphatic carbocycles. The third-order valence-corrected chi connectivity index (χ3v) is 2.47. The van der Waals surface area contributed by atoms with Crippen LogP contribution in [-0.4, -0.2) is 53.1 Å². The zero-order valence-corrected chi connectivity index (χ0v) is 9.95. The van der Waals surface area contributed by atoms with E-state index in [2.05, 4.69) is 10.6 Å². The Kier molecular flexibility index (Phi) is 4.06. The minimum Gasteiger partial charge on any atom is -0.481 e. The second kappa shape index (κ2) is 5.13. The minimum atomic E-state index is -0.881. The third kappa shape index (κ3) is 3.42. The maximum atomic E-state index is 11.7. The fourth-order valence-corrected chi connectivity index (χ4v) is 1.53. The monoisotopic (exact) mass is 243 g/mol. The summed E-state index contributed by atoms with van der Waals surface area (Å²) in [7, 11) is 0. The van der Waals surface area contributed by atoms with Crippen LogP contribution in [0.15, 0.2) is 0 Å². The fourth-order valence-electron chi connectivity index (χ4n) is 1.53. The van der Waals surface area contributed by atoms with Crippen LogP contribution in [0, 0.1) is 0 Å². The van der Waals surface area contributed by atoms with E-state index in [9.17, 15) is 14.4 Å². The first kappa shape index (κ1) is 13.4. The number of carboxylic acids is 1. The molecule has 1 aliphatic rings. The molecule has 0 atom stereocenters. The van der Waals surface area contributed by atoms with Crippen LogP contribution < -0.4 is 10.6 Å². The van der Waals surface area contributed by atoms with Crippen LogP contribution in [0.4, 0.5) is 4.79 Å². The molecular weight excluding hydrogens is 226 g/mol. The number of nitrogens with zero attached hydrogens (tertiary/aromatic N) is 1. The van der Waals surface area contributed by atoms with Crippen molar-refractivity contribution in [3.63, 3.8) is 0 Å². The summed E-state index contributed by atoms with van der Waals surface area (Å²) in [4.78, 5) is 34.5. The van der Waals surface area contributed by atoms with Gasteiger partial charge in [-0.25, -0.2) is 4.79 Å². The van der Waals surface area contributed by atoms with Crippen molar-refractivity contribution < 1.29 is 19.5 Å². The zero-order chi connectivity index (χ0) is 13.1. The Morgan fingerprint density at radius 3 is 2.53 bits per heavy atom. The standard InChI is InChI=1S/C10H17N3O4/c1-10(2)8(16)13(9(17)12-10)6-5-11-4-3-7(14)15/h11H,3-6H2,1-2H3,(H,12,17)(H,14,15). The first-order valence-corrected chi connectivity index (χ1v) is 5.41. The van der Waals surface area contributed by atoms with Gasteiger partial charge in [0.25, 0.3) is 5.91 Å². The number of urea groups is 1. The van der Waals surface area contributed by atoms with Gasteiger partial charge in [-0.05, 0) is 13.8 Å². The second-order valence-corrected chi connectivity index (χ2v) is 4.41. The Hall–Kier alpha value is -1.63. The topological polar surface area (TPSA) is 98.7 Å². The van der Waals surface area contributed by atoms with Crippen LogP contribution in [0.1, 0.15) is 20.3 Å². The molecule has 3 amide bonds. The highest BCUT2D eigenvalue weighted by atomic mass is 16.4. The van der Waals surface area contributed by atoms with Crippen molar-refractivity contribution in [3.8, 4) is 0 Å². The van der Waals surface area contributed by atoms with Gasteiger partial charge in [0.1, 0.15) is 5.54 Å². The van der Waals surface area contributed by atoms with Gasteiger partial charge < -0.3 is 15.7 Å². The lowest BCUT2D eigenvalue weighted by Crippen LogP contribution is -2.41. The van der Waals surface area contributed by atoms with Crippen molar-refractivity contribution in [2.45, 2.75) is 25.8 Å². The molecule has 0 unspecified atom stereocenters. The molecule has 1 aliphatic heterocycles. The molecule has 7 heteroatoms. The number of aliphatic carboxylic acids is 1. The van der Waals surface area contributed by atoms with E-state index in [4.69, 9.17) is 5.11 Å². The Bertz CT molecular complexity index is 340. The second-order valence-electron chi connectivity index (χ2n) is 4.41. The van der Waals surface area contributed by atoms with E-state index >= 15 is 0 Å².